The largest absolute Gasteiger partial charge is 0.508 e. The zero-order valence-corrected chi connectivity index (χ0v) is 11.2. The van der Waals surface area contributed by atoms with Crippen molar-refractivity contribution in [2.24, 2.45) is 0 Å². The molecule has 0 saturated carbocycles. The van der Waals surface area contributed by atoms with Crippen molar-refractivity contribution in [2.45, 2.75) is 17.9 Å². The second kappa shape index (κ2) is 6.11. The Hall–Kier alpha value is -1.20. The van der Waals surface area contributed by atoms with Crippen molar-refractivity contribution >= 4 is 17.7 Å². The van der Waals surface area contributed by atoms with Crippen LogP contribution in [0.25, 0.3) is 0 Å². The molecule has 1 heterocycles. The summed E-state index contributed by atoms with van der Waals surface area (Å²) in [5, 5.41) is 9.34. The lowest BCUT2D eigenvalue weighted by Gasteiger charge is -2.31. The summed E-state index contributed by atoms with van der Waals surface area (Å²) in [6.07, 6.45) is 0.119. The first-order chi connectivity index (χ1) is 8.65. The molecule has 1 amide bonds. The Bertz CT molecular complexity index is 424. The van der Waals surface area contributed by atoms with Gasteiger partial charge in [0.25, 0.3) is 0 Å². The van der Waals surface area contributed by atoms with Gasteiger partial charge in [0.15, 0.2) is 0 Å². The van der Waals surface area contributed by atoms with E-state index in [9.17, 15) is 9.90 Å². The highest BCUT2D eigenvalue weighted by Gasteiger charge is 2.21. The van der Waals surface area contributed by atoms with Crippen LogP contribution < -0.4 is 0 Å². The van der Waals surface area contributed by atoms with Crippen LogP contribution >= 0.6 is 11.8 Å². The minimum atomic E-state index is 0.119. The highest BCUT2D eigenvalue weighted by molar-refractivity contribution is 8.00. The molecule has 5 heteroatoms. The van der Waals surface area contributed by atoms with E-state index in [-0.39, 0.29) is 17.8 Å². The van der Waals surface area contributed by atoms with E-state index in [0.717, 1.165) is 4.90 Å². The zero-order chi connectivity index (χ0) is 13.0. The topological polar surface area (TPSA) is 49.8 Å². The molecule has 1 atom stereocenters. The Kier molecular flexibility index (Phi) is 4.49. The van der Waals surface area contributed by atoms with Crippen LogP contribution in [0.2, 0.25) is 0 Å². The lowest BCUT2D eigenvalue weighted by Crippen LogP contribution is -2.45. The van der Waals surface area contributed by atoms with Crippen molar-refractivity contribution in [3.63, 3.8) is 0 Å². The summed E-state index contributed by atoms with van der Waals surface area (Å²) in [6.45, 7) is 3.93. The zero-order valence-electron chi connectivity index (χ0n) is 10.3. The Morgan fingerprint density at radius 2 is 2.44 bits per heavy atom. The van der Waals surface area contributed by atoms with Crippen LogP contribution in [0, 0.1) is 0 Å². The molecular weight excluding hydrogens is 250 g/mol. The van der Waals surface area contributed by atoms with Crippen LogP contribution in [0.5, 0.6) is 5.75 Å². The second-order valence-electron chi connectivity index (χ2n) is 4.31. The summed E-state index contributed by atoms with van der Waals surface area (Å²) in [5.74, 6) is 0.752. The number of amides is 1. The summed E-state index contributed by atoms with van der Waals surface area (Å²) < 4.78 is 5.40. The lowest BCUT2D eigenvalue weighted by molar-refractivity contribution is -0.135. The molecule has 1 saturated heterocycles. The first kappa shape index (κ1) is 13.2. The standard InChI is InChI=1S/C13H17NO3S/c1-10-8-14(5-6-17-10)13(16)9-18-12-4-2-3-11(15)7-12/h2-4,7,10,15H,5-6,8-9H2,1H3. The molecule has 4 nitrogen and oxygen atoms in total. The van der Waals surface area contributed by atoms with Gasteiger partial charge in [-0.2, -0.15) is 0 Å². The van der Waals surface area contributed by atoms with E-state index in [2.05, 4.69) is 0 Å². The third-order valence-electron chi connectivity index (χ3n) is 2.77. The fourth-order valence-electron chi connectivity index (χ4n) is 1.85. The minimum Gasteiger partial charge on any atom is -0.508 e. The molecule has 0 bridgehead atoms. The average molecular weight is 267 g/mol. The normalized spacial score (nSPS) is 19.8. The average Bonchev–Trinajstić information content (AvgIpc) is 2.36. The van der Waals surface area contributed by atoms with Gasteiger partial charge in [-0.15, -0.1) is 11.8 Å². The molecule has 0 spiro atoms. The van der Waals surface area contributed by atoms with Gasteiger partial charge in [-0.1, -0.05) is 6.07 Å². The molecule has 1 aliphatic rings. The van der Waals surface area contributed by atoms with E-state index in [0.29, 0.717) is 25.4 Å². The van der Waals surface area contributed by atoms with Gasteiger partial charge in [-0.3, -0.25) is 4.79 Å². The molecular formula is C13H17NO3S. The van der Waals surface area contributed by atoms with Crippen molar-refractivity contribution in [2.75, 3.05) is 25.4 Å². The van der Waals surface area contributed by atoms with Crippen molar-refractivity contribution in [1.82, 2.24) is 4.90 Å². The Labute approximate surface area is 111 Å². The van der Waals surface area contributed by atoms with Crippen LogP contribution in [-0.4, -0.2) is 47.5 Å². The highest BCUT2D eigenvalue weighted by atomic mass is 32.2. The van der Waals surface area contributed by atoms with Gasteiger partial charge in [0.05, 0.1) is 18.5 Å². The van der Waals surface area contributed by atoms with E-state index in [1.807, 2.05) is 17.9 Å². The molecule has 1 unspecified atom stereocenters. The first-order valence-electron chi connectivity index (χ1n) is 5.96. The Balaban J connectivity index is 1.84. The lowest BCUT2D eigenvalue weighted by atomic mass is 10.3. The van der Waals surface area contributed by atoms with Gasteiger partial charge in [0.1, 0.15) is 5.75 Å². The van der Waals surface area contributed by atoms with Crippen LogP contribution in [0.4, 0.5) is 0 Å². The Morgan fingerprint density at radius 3 is 3.17 bits per heavy atom. The molecule has 2 rings (SSSR count). The SMILES string of the molecule is CC1CN(C(=O)CSc2cccc(O)c2)CCO1. The van der Waals surface area contributed by atoms with E-state index >= 15 is 0 Å². The number of morpholine rings is 1. The number of phenolic OH excluding ortho intramolecular Hbond substituents is 1. The number of benzene rings is 1. The molecule has 1 aromatic rings. The number of ether oxygens (including phenoxy) is 1. The molecule has 1 N–H and O–H groups in total. The fourth-order valence-corrected chi connectivity index (χ4v) is 2.71. The number of rotatable bonds is 3. The number of thioether (sulfide) groups is 1. The van der Waals surface area contributed by atoms with E-state index in [4.69, 9.17) is 4.74 Å². The minimum absolute atomic E-state index is 0.119. The number of phenols is 1. The van der Waals surface area contributed by atoms with E-state index in [1.54, 1.807) is 18.2 Å². The number of nitrogens with zero attached hydrogens (tertiary/aromatic N) is 1. The molecule has 18 heavy (non-hydrogen) atoms. The smallest absolute Gasteiger partial charge is 0.233 e. The number of hydrogen-bond donors (Lipinski definition) is 1. The number of hydrogen-bond acceptors (Lipinski definition) is 4. The van der Waals surface area contributed by atoms with Gasteiger partial charge < -0.3 is 14.7 Å². The molecule has 0 aliphatic carbocycles. The Morgan fingerprint density at radius 1 is 1.61 bits per heavy atom. The van der Waals surface area contributed by atoms with Gasteiger partial charge in [-0.25, -0.2) is 0 Å². The first-order valence-corrected chi connectivity index (χ1v) is 6.95. The molecule has 1 aliphatic heterocycles. The molecule has 1 aromatic carbocycles. The predicted octanol–water partition coefficient (Wildman–Crippen LogP) is 1.73. The maximum Gasteiger partial charge on any atom is 0.233 e. The van der Waals surface area contributed by atoms with Crippen molar-refractivity contribution < 1.29 is 14.6 Å². The van der Waals surface area contributed by atoms with Crippen LogP contribution in [0.3, 0.4) is 0 Å². The molecule has 0 radical (unpaired) electrons. The van der Waals surface area contributed by atoms with Gasteiger partial charge in [-0.05, 0) is 25.1 Å². The summed E-state index contributed by atoms with van der Waals surface area (Å²) >= 11 is 1.45. The highest BCUT2D eigenvalue weighted by Crippen LogP contribution is 2.22. The summed E-state index contributed by atoms with van der Waals surface area (Å²) in [5.41, 5.74) is 0. The van der Waals surface area contributed by atoms with Gasteiger partial charge >= 0.3 is 0 Å². The third-order valence-corrected chi connectivity index (χ3v) is 3.75. The third kappa shape index (κ3) is 3.65. The summed E-state index contributed by atoms with van der Waals surface area (Å²) in [6, 6.07) is 6.95. The summed E-state index contributed by atoms with van der Waals surface area (Å²) in [4.78, 5) is 14.7. The monoisotopic (exact) mass is 267 g/mol. The maximum absolute atomic E-state index is 12.0. The molecule has 98 valence electrons. The van der Waals surface area contributed by atoms with Crippen LogP contribution in [0.1, 0.15) is 6.92 Å². The number of aromatic hydroxyl groups is 1. The van der Waals surface area contributed by atoms with Crippen molar-refractivity contribution in [3.05, 3.63) is 24.3 Å². The molecule has 1 fully saturated rings. The van der Waals surface area contributed by atoms with Crippen molar-refractivity contribution in [1.29, 1.82) is 0 Å². The van der Waals surface area contributed by atoms with E-state index < -0.39 is 0 Å². The second-order valence-corrected chi connectivity index (χ2v) is 5.36. The van der Waals surface area contributed by atoms with Gasteiger partial charge in [0.2, 0.25) is 5.91 Å². The molecule has 0 aromatic heterocycles. The van der Waals surface area contributed by atoms with Gasteiger partial charge in [0, 0.05) is 18.0 Å². The predicted molar refractivity (Wildman–Crippen MR) is 70.8 cm³/mol. The number of carbonyl (C=O) groups excluding carboxylic acids is 1. The quantitative estimate of drug-likeness (QED) is 0.847. The van der Waals surface area contributed by atoms with Crippen LogP contribution in [-0.2, 0) is 9.53 Å². The summed E-state index contributed by atoms with van der Waals surface area (Å²) in [7, 11) is 0. The maximum atomic E-state index is 12.0. The van der Waals surface area contributed by atoms with Crippen molar-refractivity contribution in [3.8, 4) is 5.75 Å². The fraction of sp³-hybridized carbons (Fsp3) is 0.462. The van der Waals surface area contributed by atoms with Crippen LogP contribution in [0.15, 0.2) is 29.2 Å². The van der Waals surface area contributed by atoms with E-state index in [1.165, 1.54) is 11.8 Å². The number of carbonyl (C=O) groups is 1.